The highest BCUT2D eigenvalue weighted by molar-refractivity contribution is 7.13. The second kappa shape index (κ2) is 7.60. The first-order valence-corrected chi connectivity index (χ1v) is 9.29. The highest BCUT2D eigenvalue weighted by atomic mass is 35.5. The van der Waals surface area contributed by atoms with Gasteiger partial charge in [0.15, 0.2) is 0 Å². The van der Waals surface area contributed by atoms with Gasteiger partial charge in [-0.15, -0.1) is 10.2 Å². The van der Waals surface area contributed by atoms with E-state index in [1.54, 1.807) is 17.6 Å². The van der Waals surface area contributed by atoms with E-state index in [0.29, 0.717) is 21.1 Å². The number of benzene rings is 1. The van der Waals surface area contributed by atoms with E-state index in [4.69, 9.17) is 23.2 Å². The van der Waals surface area contributed by atoms with Crippen LogP contribution in [0.2, 0.25) is 10.0 Å². The lowest BCUT2D eigenvalue weighted by Crippen LogP contribution is -2.23. The fourth-order valence-electron chi connectivity index (χ4n) is 3.12. The van der Waals surface area contributed by atoms with Crippen molar-refractivity contribution in [2.45, 2.75) is 38.0 Å². The topological polar surface area (TPSA) is 54.9 Å². The van der Waals surface area contributed by atoms with Gasteiger partial charge in [-0.1, -0.05) is 66.3 Å². The first-order chi connectivity index (χ1) is 11.1. The number of halogens is 2. The SMILES string of the molecule is O=C(Nc1nncs1)C(CC1CCCC1)c1ccc(Cl)c(Cl)c1. The number of aromatic nitrogens is 2. The molecule has 1 heterocycles. The predicted octanol–water partition coefficient (Wildman–Crippen LogP) is 5.15. The molecule has 1 unspecified atom stereocenters. The van der Waals surface area contributed by atoms with Gasteiger partial charge >= 0.3 is 0 Å². The molecule has 122 valence electrons. The van der Waals surface area contributed by atoms with Crippen LogP contribution in [0.15, 0.2) is 23.7 Å². The number of amides is 1. The van der Waals surface area contributed by atoms with Gasteiger partial charge in [0, 0.05) is 0 Å². The molecule has 23 heavy (non-hydrogen) atoms. The van der Waals surface area contributed by atoms with E-state index in [-0.39, 0.29) is 11.8 Å². The lowest BCUT2D eigenvalue weighted by molar-refractivity contribution is -0.118. The fourth-order valence-corrected chi connectivity index (χ4v) is 3.88. The molecule has 0 bridgehead atoms. The third-order valence-electron chi connectivity index (χ3n) is 4.30. The number of carbonyl (C=O) groups excluding carboxylic acids is 1. The first-order valence-electron chi connectivity index (χ1n) is 7.65. The van der Waals surface area contributed by atoms with Crippen molar-refractivity contribution >= 4 is 45.6 Å². The Balaban J connectivity index is 1.82. The molecule has 1 aliphatic rings. The minimum atomic E-state index is -0.253. The van der Waals surface area contributed by atoms with Crippen LogP contribution in [-0.2, 0) is 4.79 Å². The van der Waals surface area contributed by atoms with Crippen molar-refractivity contribution in [1.82, 2.24) is 10.2 Å². The Labute approximate surface area is 149 Å². The summed E-state index contributed by atoms with van der Waals surface area (Å²) in [5, 5.41) is 12.0. The van der Waals surface area contributed by atoms with Crippen molar-refractivity contribution in [3.05, 3.63) is 39.3 Å². The molecule has 0 saturated heterocycles. The molecule has 1 amide bonds. The number of nitrogens with zero attached hydrogens (tertiary/aromatic N) is 2. The number of rotatable bonds is 5. The van der Waals surface area contributed by atoms with Gasteiger partial charge in [0.2, 0.25) is 11.0 Å². The van der Waals surface area contributed by atoms with Crippen LogP contribution < -0.4 is 5.32 Å². The molecule has 1 fully saturated rings. The van der Waals surface area contributed by atoms with Crippen LogP contribution in [-0.4, -0.2) is 16.1 Å². The van der Waals surface area contributed by atoms with Gasteiger partial charge in [-0.05, 0) is 30.0 Å². The molecule has 2 aromatic rings. The second-order valence-electron chi connectivity index (χ2n) is 5.85. The zero-order valence-electron chi connectivity index (χ0n) is 12.5. The summed E-state index contributed by atoms with van der Waals surface area (Å²) in [5.41, 5.74) is 2.49. The van der Waals surface area contributed by atoms with Crippen LogP contribution in [0.4, 0.5) is 5.13 Å². The first kappa shape index (κ1) is 16.7. The van der Waals surface area contributed by atoms with Crippen molar-refractivity contribution < 1.29 is 4.79 Å². The van der Waals surface area contributed by atoms with Crippen LogP contribution in [0, 0.1) is 5.92 Å². The van der Waals surface area contributed by atoms with Crippen LogP contribution in [0.1, 0.15) is 43.6 Å². The van der Waals surface area contributed by atoms with Crippen molar-refractivity contribution in [2.24, 2.45) is 5.92 Å². The molecule has 0 spiro atoms. The molecular weight excluding hydrogens is 353 g/mol. The van der Waals surface area contributed by atoms with E-state index in [1.165, 1.54) is 37.0 Å². The minimum Gasteiger partial charge on any atom is -0.300 e. The van der Waals surface area contributed by atoms with Gasteiger partial charge in [-0.25, -0.2) is 0 Å². The van der Waals surface area contributed by atoms with Gasteiger partial charge in [-0.2, -0.15) is 0 Å². The summed E-state index contributed by atoms with van der Waals surface area (Å²) >= 11 is 13.5. The van der Waals surface area contributed by atoms with Crippen LogP contribution in [0.25, 0.3) is 0 Å². The fraction of sp³-hybridized carbons (Fsp3) is 0.438. The smallest absolute Gasteiger partial charge is 0.233 e. The Hall–Kier alpha value is -1.17. The number of hydrogen-bond donors (Lipinski definition) is 1. The zero-order valence-corrected chi connectivity index (χ0v) is 14.8. The molecular formula is C16H17Cl2N3OS. The van der Waals surface area contributed by atoms with E-state index < -0.39 is 0 Å². The Morgan fingerprint density at radius 2 is 2.09 bits per heavy atom. The Kier molecular flexibility index (Phi) is 5.51. The maximum atomic E-state index is 12.7. The summed E-state index contributed by atoms with van der Waals surface area (Å²) < 4.78 is 0. The molecule has 1 aromatic heterocycles. The maximum absolute atomic E-state index is 12.7. The van der Waals surface area contributed by atoms with Crippen molar-refractivity contribution in [2.75, 3.05) is 5.32 Å². The number of anilines is 1. The highest BCUT2D eigenvalue weighted by Crippen LogP contribution is 2.36. The second-order valence-corrected chi connectivity index (χ2v) is 7.49. The van der Waals surface area contributed by atoms with E-state index >= 15 is 0 Å². The van der Waals surface area contributed by atoms with Crippen LogP contribution in [0.3, 0.4) is 0 Å². The third kappa shape index (κ3) is 4.22. The Bertz CT molecular complexity index is 672. The summed E-state index contributed by atoms with van der Waals surface area (Å²) in [7, 11) is 0. The van der Waals surface area contributed by atoms with Gasteiger partial charge in [0.1, 0.15) is 5.51 Å². The Morgan fingerprint density at radius 3 is 2.74 bits per heavy atom. The van der Waals surface area contributed by atoms with Crippen molar-refractivity contribution in [3.8, 4) is 0 Å². The standard InChI is InChI=1S/C16H17Cl2N3OS/c17-13-6-5-11(8-14(13)18)12(7-10-3-1-2-4-10)15(22)20-16-21-19-9-23-16/h5-6,8-10,12H,1-4,7H2,(H,20,21,22). The summed E-state index contributed by atoms with van der Waals surface area (Å²) in [4.78, 5) is 12.7. The minimum absolute atomic E-state index is 0.0629. The predicted molar refractivity (Wildman–Crippen MR) is 94.3 cm³/mol. The number of hydrogen-bond acceptors (Lipinski definition) is 4. The molecule has 7 heteroatoms. The molecule has 1 saturated carbocycles. The zero-order chi connectivity index (χ0) is 16.2. The molecule has 1 aliphatic carbocycles. The quantitative estimate of drug-likeness (QED) is 0.792. The van der Waals surface area contributed by atoms with Gasteiger partial charge in [0.25, 0.3) is 0 Å². The molecule has 1 aromatic carbocycles. The van der Waals surface area contributed by atoms with E-state index in [9.17, 15) is 4.79 Å². The van der Waals surface area contributed by atoms with E-state index in [0.717, 1.165) is 12.0 Å². The summed E-state index contributed by atoms with van der Waals surface area (Å²) in [6.45, 7) is 0. The third-order valence-corrected chi connectivity index (χ3v) is 5.64. The van der Waals surface area contributed by atoms with E-state index in [2.05, 4.69) is 15.5 Å². The summed E-state index contributed by atoms with van der Waals surface area (Å²) in [6, 6.07) is 5.43. The lowest BCUT2D eigenvalue weighted by Gasteiger charge is -2.20. The normalized spacial score (nSPS) is 16.4. The number of carbonyl (C=O) groups is 1. The highest BCUT2D eigenvalue weighted by Gasteiger charge is 2.27. The molecule has 0 radical (unpaired) electrons. The molecule has 1 atom stereocenters. The molecule has 4 nitrogen and oxygen atoms in total. The average Bonchev–Trinajstić information content (AvgIpc) is 3.21. The van der Waals surface area contributed by atoms with Gasteiger partial charge in [-0.3, -0.25) is 10.1 Å². The van der Waals surface area contributed by atoms with E-state index in [1.807, 2.05) is 6.07 Å². The Morgan fingerprint density at radius 1 is 1.30 bits per heavy atom. The average molecular weight is 370 g/mol. The molecule has 3 rings (SSSR count). The maximum Gasteiger partial charge on any atom is 0.233 e. The summed E-state index contributed by atoms with van der Waals surface area (Å²) in [5.74, 6) is 0.262. The van der Waals surface area contributed by atoms with Crippen LogP contribution in [0.5, 0.6) is 0 Å². The summed E-state index contributed by atoms with van der Waals surface area (Å²) in [6.07, 6.45) is 5.68. The molecule has 1 N–H and O–H groups in total. The van der Waals surface area contributed by atoms with Crippen molar-refractivity contribution in [1.29, 1.82) is 0 Å². The van der Waals surface area contributed by atoms with Gasteiger partial charge < -0.3 is 0 Å². The lowest BCUT2D eigenvalue weighted by atomic mass is 9.87. The monoisotopic (exact) mass is 369 g/mol. The molecule has 0 aliphatic heterocycles. The van der Waals surface area contributed by atoms with Gasteiger partial charge in [0.05, 0.1) is 16.0 Å². The number of nitrogens with one attached hydrogen (secondary N) is 1. The van der Waals surface area contributed by atoms with Crippen molar-refractivity contribution in [3.63, 3.8) is 0 Å². The largest absolute Gasteiger partial charge is 0.300 e. The van der Waals surface area contributed by atoms with Crippen LogP contribution >= 0.6 is 34.5 Å².